The lowest BCUT2D eigenvalue weighted by Gasteiger charge is -2.07. The molecule has 0 radical (unpaired) electrons. The van der Waals surface area contributed by atoms with Crippen LogP contribution in [0.25, 0.3) is 0 Å². The van der Waals surface area contributed by atoms with Crippen molar-refractivity contribution in [2.45, 2.75) is 0 Å². The first-order valence-electron chi connectivity index (χ1n) is 5.90. The highest BCUT2D eigenvalue weighted by molar-refractivity contribution is 14.1. The van der Waals surface area contributed by atoms with Crippen molar-refractivity contribution in [1.82, 2.24) is 4.98 Å². The van der Waals surface area contributed by atoms with E-state index in [4.69, 9.17) is 0 Å². The van der Waals surface area contributed by atoms with Crippen molar-refractivity contribution >= 4 is 45.7 Å². The van der Waals surface area contributed by atoms with Gasteiger partial charge in [0.15, 0.2) is 0 Å². The van der Waals surface area contributed by atoms with E-state index in [1.54, 1.807) is 19.2 Å². The Morgan fingerprint density at radius 3 is 2.57 bits per heavy atom. The summed E-state index contributed by atoms with van der Waals surface area (Å²) in [6.45, 7) is 0. The molecule has 0 bridgehead atoms. The van der Waals surface area contributed by atoms with E-state index in [9.17, 15) is 14.9 Å². The van der Waals surface area contributed by atoms with Crippen LogP contribution in [-0.4, -0.2) is 22.9 Å². The van der Waals surface area contributed by atoms with Crippen molar-refractivity contribution in [2.75, 3.05) is 17.7 Å². The van der Waals surface area contributed by atoms with Gasteiger partial charge in [0.2, 0.25) is 0 Å². The summed E-state index contributed by atoms with van der Waals surface area (Å²) in [5.74, 6) is -0.171. The number of pyridine rings is 1. The minimum Gasteiger partial charge on any atom is -0.373 e. The zero-order chi connectivity index (χ0) is 15.4. The second-order valence-electron chi connectivity index (χ2n) is 4.05. The number of carbonyl (C=O) groups excluding carboxylic acids is 1. The predicted molar refractivity (Wildman–Crippen MR) is 87.6 cm³/mol. The van der Waals surface area contributed by atoms with E-state index < -0.39 is 10.8 Å². The molecule has 2 aromatic rings. The van der Waals surface area contributed by atoms with Gasteiger partial charge in [-0.25, -0.2) is 4.98 Å². The minimum absolute atomic E-state index is 0.0436. The number of hydrogen-bond acceptors (Lipinski definition) is 5. The summed E-state index contributed by atoms with van der Waals surface area (Å²) >= 11 is 2.15. The Bertz CT molecular complexity index is 688. The predicted octanol–water partition coefficient (Wildman–Crippen LogP) is 2.89. The van der Waals surface area contributed by atoms with Gasteiger partial charge in [0.25, 0.3) is 11.6 Å². The average molecular weight is 398 g/mol. The normalized spacial score (nSPS) is 10.0. The Morgan fingerprint density at radius 1 is 1.33 bits per heavy atom. The molecule has 0 aliphatic heterocycles. The molecule has 1 amide bonds. The SMILES string of the molecule is CNc1cc(C(=O)Nc2ccc(I)cc2)c([N+](=O)[O-])cn1. The summed E-state index contributed by atoms with van der Waals surface area (Å²) in [6.07, 6.45) is 1.06. The van der Waals surface area contributed by atoms with E-state index in [-0.39, 0.29) is 11.3 Å². The fourth-order valence-corrected chi connectivity index (χ4v) is 2.00. The number of amides is 1. The van der Waals surface area contributed by atoms with Crippen LogP contribution in [0.5, 0.6) is 0 Å². The van der Waals surface area contributed by atoms with Gasteiger partial charge >= 0.3 is 0 Å². The first kappa shape index (κ1) is 15.2. The van der Waals surface area contributed by atoms with Crippen LogP contribution >= 0.6 is 22.6 Å². The summed E-state index contributed by atoms with van der Waals surface area (Å²) in [5, 5.41) is 16.4. The molecule has 2 rings (SSSR count). The Labute approximate surface area is 134 Å². The quantitative estimate of drug-likeness (QED) is 0.469. The molecule has 1 aromatic heterocycles. The van der Waals surface area contributed by atoms with Crippen molar-refractivity contribution in [3.05, 3.63) is 55.8 Å². The second-order valence-corrected chi connectivity index (χ2v) is 5.30. The van der Waals surface area contributed by atoms with Crippen LogP contribution in [0.2, 0.25) is 0 Å². The third-order valence-corrected chi connectivity index (χ3v) is 3.40. The topological polar surface area (TPSA) is 97.2 Å². The van der Waals surface area contributed by atoms with Gasteiger partial charge in [-0.05, 0) is 46.9 Å². The van der Waals surface area contributed by atoms with Gasteiger partial charge in [-0.2, -0.15) is 0 Å². The largest absolute Gasteiger partial charge is 0.373 e. The van der Waals surface area contributed by atoms with Crippen molar-refractivity contribution in [2.24, 2.45) is 0 Å². The maximum atomic E-state index is 12.2. The standard InChI is InChI=1S/C13H11IN4O3/c1-15-12-6-10(11(7-16-12)18(20)21)13(19)17-9-4-2-8(14)3-5-9/h2-7H,1H3,(H,15,16)(H,17,19). The third-order valence-electron chi connectivity index (χ3n) is 2.68. The number of carbonyl (C=O) groups is 1. The highest BCUT2D eigenvalue weighted by atomic mass is 127. The highest BCUT2D eigenvalue weighted by Gasteiger charge is 2.21. The molecule has 8 heteroatoms. The number of aromatic nitrogens is 1. The number of anilines is 2. The molecule has 21 heavy (non-hydrogen) atoms. The minimum atomic E-state index is -0.630. The van der Waals surface area contributed by atoms with Crippen molar-refractivity contribution < 1.29 is 9.72 Å². The average Bonchev–Trinajstić information content (AvgIpc) is 2.48. The molecular formula is C13H11IN4O3. The van der Waals surface area contributed by atoms with Crippen LogP contribution in [0.3, 0.4) is 0 Å². The summed E-state index contributed by atoms with van der Waals surface area (Å²) in [4.78, 5) is 26.4. The van der Waals surface area contributed by atoms with Crippen LogP contribution < -0.4 is 10.6 Å². The lowest BCUT2D eigenvalue weighted by atomic mass is 10.2. The van der Waals surface area contributed by atoms with Crippen LogP contribution in [0.1, 0.15) is 10.4 Å². The highest BCUT2D eigenvalue weighted by Crippen LogP contribution is 2.22. The Kier molecular flexibility index (Phi) is 4.68. The molecule has 0 saturated heterocycles. The fourth-order valence-electron chi connectivity index (χ4n) is 1.64. The van der Waals surface area contributed by atoms with Gasteiger partial charge in [-0.1, -0.05) is 0 Å². The monoisotopic (exact) mass is 398 g/mol. The Hall–Kier alpha value is -2.23. The van der Waals surface area contributed by atoms with Gasteiger partial charge < -0.3 is 10.6 Å². The molecular weight excluding hydrogens is 387 g/mol. The number of nitro groups is 1. The lowest BCUT2D eigenvalue weighted by Crippen LogP contribution is -2.14. The summed E-state index contributed by atoms with van der Waals surface area (Å²) in [7, 11) is 1.62. The van der Waals surface area contributed by atoms with Gasteiger partial charge in [-0.3, -0.25) is 14.9 Å². The Balaban J connectivity index is 2.33. The van der Waals surface area contributed by atoms with Gasteiger partial charge in [0.05, 0.1) is 4.92 Å². The molecule has 2 N–H and O–H groups in total. The summed E-state index contributed by atoms with van der Waals surface area (Å²) in [5.41, 5.74) is 0.187. The number of benzene rings is 1. The second kappa shape index (κ2) is 6.48. The molecule has 0 fully saturated rings. The Morgan fingerprint density at radius 2 is 2.00 bits per heavy atom. The van der Waals surface area contributed by atoms with Crippen LogP contribution in [0.15, 0.2) is 36.5 Å². The number of rotatable bonds is 4. The number of nitrogens with zero attached hydrogens (tertiary/aromatic N) is 2. The number of nitrogens with one attached hydrogen (secondary N) is 2. The molecule has 1 aromatic carbocycles. The maximum Gasteiger partial charge on any atom is 0.300 e. The van der Waals surface area contributed by atoms with Crippen molar-refractivity contribution in [3.8, 4) is 0 Å². The van der Waals surface area contributed by atoms with Crippen molar-refractivity contribution in [1.29, 1.82) is 0 Å². The molecule has 0 spiro atoms. The van der Waals surface area contributed by atoms with Crippen molar-refractivity contribution in [3.63, 3.8) is 0 Å². The zero-order valence-electron chi connectivity index (χ0n) is 11.0. The van der Waals surface area contributed by atoms with E-state index in [0.29, 0.717) is 11.5 Å². The van der Waals surface area contributed by atoms with E-state index in [2.05, 4.69) is 38.2 Å². The van der Waals surface area contributed by atoms with Crippen LogP contribution in [0, 0.1) is 13.7 Å². The van der Waals surface area contributed by atoms with E-state index >= 15 is 0 Å². The maximum absolute atomic E-state index is 12.2. The molecule has 0 saturated carbocycles. The fraction of sp³-hybridized carbons (Fsp3) is 0.0769. The molecule has 0 aliphatic carbocycles. The molecule has 1 heterocycles. The summed E-state index contributed by atoms with van der Waals surface area (Å²) < 4.78 is 1.03. The smallest absolute Gasteiger partial charge is 0.300 e. The third kappa shape index (κ3) is 3.66. The zero-order valence-corrected chi connectivity index (χ0v) is 13.1. The molecule has 0 aliphatic rings. The molecule has 108 valence electrons. The van der Waals surface area contributed by atoms with Gasteiger partial charge in [0.1, 0.15) is 17.6 Å². The molecule has 7 nitrogen and oxygen atoms in total. The van der Waals surface area contributed by atoms with E-state index in [1.165, 1.54) is 6.07 Å². The first-order chi connectivity index (χ1) is 10.0. The van der Waals surface area contributed by atoms with E-state index in [1.807, 2.05) is 12.1 Å². The first-order valence-corrected chi connectivity index (χ1v) is 6.98. The lowest BCUT2D eigenvalue weighted by molar-refractivity contribution is -0.385. The molecule has 0 unspecified atom stereocenters. The number of hydrogen-bond donors (Lipinski definition) is 2. The van der Waals surface area contributed by atoms with E-state index in [0.717, 1.165) is 9.77 Å². The van der Waals surface area contributed by atoms with Gasteiger partial charge in [-0.15, -0.1) is 0 Å². The van der Waals surface area contributed by atoms with Crippen LogP contribution in [0.4, 0.5) is 17.2 Å². The number of halogens is 1. The molecule has 0 atom stereocenters. The summed E-state index contributed by atoms with van der Waals surface area (Å²) in [6, 6.07) is 8.46. The van der Waals surface area contributed by atoms with Crippen LogP contribution in [-0.2, 0) is 0 Å². The van der Waals surface area contributed by atoms with Gasteiger partial charge in [0, 0.05) is 22.4 Å².